The van der Waals surface area contributed by atoms with Gasteiger partial charge in [-0.15, -0.1) is 0 Å². The van der Waals surface area contributed by atoms with Gasteiger partial charge in [0, 0.05) is 0 Å². The molecule has 0 fully saturated rings. The first kappa shape index (κ1) is 1290. The maximum absolute atomic E-state index is 0. The van der Waals surface area contributed by atoms with Crippen molar-refractivity contribution >= 4 is 54.0 Å². The molecule has 0 atom stereocenters. The fourth-order valence-electron chi connectivity index (χ4n) is 0. The monoisotopic (exact) mass is 270 g/mol. The van der Waals surface area contributed by atoms with E-state index in [9.17, 15) is 0 Å². The van der Waals surface area contributed by atoms with Crippen molar-refractivity contribution in [1.29, 1.82) is 0 Å². The van der Waals surface area contributed by atoms with Crippen LogP contribution in [0.4, 0.5) is 0 Å². The van der Waals surface area contributed by atoms with Gasteiger partial charge in [0.05, 0.1) is 0 Å². The summed E-state index contributed by atoms with van der Waals surface area (Å²) in [6, 6.07) is 0. The molecule has 0 spiro atoms. The SMILES string of the molecule is C.C.C.C.O.O.S.[OH3+].[OH3+].[S-2].[SH-].[SH-]. The molecule has 0 saturated heterocycles. The van der Waals surface area contributed by atoms with Gasteiger partial charge < -0.3 is 62.4 Å². The number of hydrogen-bond donors (Lipinski definition) is 0. The van der Waals surface area contributed by atoms with Crippen LogP contribution < -0.4 is 0 Å². The van der Waals surface area contributed by atoms with E-state index in [1.807, 2.05) is 0 Å². The lowest BCUT2D eigenvalue weighted by Crippen LogP contribution is -0.290. The Morgan fingerprint density at radius 3 is 0.500 bits per heavy atom. The van der Waals surface area contributed by atoms with Crippen LogP contribution in [0.25, 0.3) is 0 Å². The molecule has 0 aromatic rings. The van der Waals surface area contributed by atoms with Crippen molar-refractivity contribution in [2.45, 2.75) is 29.7 Å². The first-order valence-corrected chi connectivity index (χ1v) is 0. The van der Waals surface area contributed by atoms with Gasteiger partial charge in [0.2, 0.25) is 0 Å². The van der Waals surface area contributed by atoms with Gasteiger partial charge in [-0.1, -0.05) is 29.7 Å². The molecule has 0 aliphatic rings. The lowest BCUT2D eigenvalue weighted by atomic mass is 12.0. The minimum absolute atomic E-state index is 0. The van der Waals surface area contributed by atoms with Gasteiger partial charge in [-0.3, -0.25) is 0 Å². The number of thiol groups is 2. The summed E-state index contributed by atoms with van der Waals surface area (Å²) in [7, 11) is 0. The highest BCUT2D eigenvalue weighted by Gasteiger charge is -0.0745. The summed E-state index contributed by atoms with van der Waals surface area (Å²) in [4.78, 5) is 0. The molecule has 4 nitrogen and oxygen atoms in total. The van der Waals surface area contributed by atoms with Gasteiger partial charge in [-0.05, 0) is 0 Å². The Morgan fingerprint density at radius 1 is 0.500 bits per heavy atom. The average Bonchev–Trinajstić information content (AvgIpc) is 0. The molecule has 0 bridgehead atoms. The molecule has 96 valence electrons. The minimum atomic E-state index is 0. The van der Waals surface area contributed by atoms with Crippen LogP contribution in [-0.2, 0) is 51.4 Å². The Bertz CT molecular complexity index is 19.0. The predicted octanol–water partition coefficient (Wildman–Crippen LogP) is -1.38. The third-order valence-corrected chi connectivity index (χ3v) is 0. The second-order valence-electron chi connectivity index (χ2n) is 0. The molecule has 0 heterocycles. The third kappa shape index (κ3) is 767. The quantitative estimate of drug-likeness (QED) is 0.305. The molecular weight excluding hydrogens is 240 g/mol. The van der Waals surface area contributed by atoms with Gasteiger partial charge in [0.15, 0.2) is 0 Å². The van der Waals surface area contributed by atoms with Crippen molar-refractivity contribution in [2.24, 2.45) is 0 Å². The van der Waals surface area contributed by atoms with Gasteiger partial charge >= 0.3 is 0 Å². The van der Waals surface area contributed by atoms with E-state index in [1.165, 1.54) is 0 Å². The highest BCUT2D eigenvalue weighted by atomic mass is 32.1. The van der Waals surface area contributed by atoms with Crippen molar-refractivity contribution in [3.05, 3.63) is 0 Å². The lowest BCUT2D eigenvalue weighted by molar-refractivity contribution is 0.685. The van der Waals surface area contributed by atoms with Crippen LogP contribution in [-0.4, -0.2) is 11.0 Å². The Morgan fingerprint density at radius 2 is 0.500 bits per heavy atom. The second-order valence-corrected chi connectivity index (χ2v) is 0. The minimum Gasteiger partial charge on any atom is -2.00 e. The van der Waals surface area contributed by atoms with Crippen LogP contribution in [0.1, 0.15) is 29.7 Å². The highest BCUT2D eigenvalue weighted by molar-refractivity contribution is 7.59. The molecule has 12 heavy (non-hydrogen) atoms. The molecule has 0 rings (SSSR count). The predicted molar refractivity (Wildman–Crippen MR) is 79.2 cm³/mol. The summed E-state index contributed by atoms with van der Waals surface area (Å²) in [5.41, 5.74) is 0. The van der Waals surface area contributed by atoms with Crippen LogP contribution in [0.3, 0.4) is 0 Å². The standard InChI is InChI=1S/4CH4.4H2O.3H2S.S/h4*1H4;7*1H2;/q;;;;;;;;;;;-2. The van der Waals surface area contributed by atoms with Crippen molar-refractivity contribution in [1.82, 2.24) is 0 Å². The van der Waals surface area contributed by atoms with Gasteiger partial charge in [-0.25, -0.2) is 0 Å². The van der Waals surface area contributed by atoms with Gasteiger partial charge in [0.1, 0.15) is 0 Å². The molecule has 0 aromatic heterocycles. The molecule has 0 aromatic carbocycles. The zero-order valence-electron chi connectivity index (χ0n) is 3.96. The number of hydrogen-bond acceptors (Lipinski definition) is 2. The summed E-state index contributed by atoms with van der Waals surface area (Å²) in [6.07, 6.45) is 0. The van der Waals surface area contributed by atoms with Crippen LogP contribution >= 0.6 is 13.5 Å². The van der Waals surface area contributed by atoms with Crippen LogP contribution in [0.2, 0.25) is 0 Å². The van der Waals surface area contributed by atoms with E-state index in [0.717, 1.165) is 0 Å². The largest absolute Gasteiger partial charge is 2.00 e. The van der Waals surface area contributed by atoms with Crippen molar-refractivity contribution in [2.75, 3.05) is 0 Å². The van der Waals surface area contributed by atoms with E-state index in [0.29, 0.717) is 0 Å². The van der Waals surface area contributed by atoms with Crippen molar-refractivity contribution in [3.8, 4) is 0 Å². The molecule has 0 saturated carbocycles. The molecular formula is C4H30O4S4-2. The summed E-state index contributed by atoms with van der Waals surface area (Å²) in [5, 5.41) is 0. The summed E-state index contributed by atoms with van der Waals surface area (Å²) < 4.78 is 0. The zero-order chi connectivity index (χ0) is 0. The molecule has 0 aliphatic carbocycles. The Balaban J connectivity index is 0. The molecule has 0 amide bonds. The Hall–Kier alpha value is 1.24. The third-order valence-electron chi connectivity index (χ3n) is 0. The fraction of sp³-hybridized carbons (Fsp3) is 1.00. The zero-order valence-corrected chi connectivity index (χ0v) is 7.56. The Kier molecular flexibility index (Phi) is 108000. The van der Waals surface area contributed by atoms with E-state index < -0.39 is 0 Å². The van der Waals surface area contributed by atoms with Crippen LogP contribution in [0, 0.1) is 0 Å². The van der Waals surface area contributed by atoms with Gasteiger partial charge in [0.25, 0.3) is 0 Å². The topological polar surface area (TPSA) is 129 Å². The molecule has 0 unspecified atom stereocenters. The average molecular weight is 271 g/mol. The van der Waals surface area contributed by atoms with Crippen molar-refractivity contribution in [3.63, 3.8) is 0 Å². The number of rotatable bonds is 0. The molecule has 0 radical (unpaired) electrons. The maximum atomic E-state index is 0. The van der Waals surface area contributed by atoms with E-state index in [-0.39, 0.29) is 106 Å². The van der Waals surface area contributed by atoms with E-state index in [2.05, 4.69) is 0 Å². The van der Waals surface area contributed by atoms with E-state index >= 15 is 0 Å². The normalized spacial score (nSPS) is 0. The Labute approximate surface area is 106 Å². The molecule has 0 aliphatic heterocycles. The lowest BCUT2D eigenvalue weighted by Gasteiger charge is -2.00. The smallest absolute Gasteiger partial charge is 0.0776 e. The second kappa shape index (κ2) is 1010. The molecule has 8 heteroatoms. The highest BCUT2D eigenvalue weighted by Crippen LogP contribution is 0.648. The first-order valence-electron chi connectivity index (χ1n) is 0. The van der Waals surface area contributed by atoms with E-state index in [1.54, 1.807) is 0 Å². The first-order chi connectivity index (χ1) is 0. The van der Waals surface area contributed by atoms with E-state index in [4.69, 9.17) is 0 Å². The fourth-order valence-corrected chi connectivity index (χ4v) is 0. The summed E-state index contributed by atoms with van der Waals surface area (Å²) in [6.45, 7) is 0. The summed E-state index contributed by atoms with van der Waals surface area (Å²) >= 11 is 0. The van der Waals surface area contributed by atoms with Gasteiger partial charge in [-0.2, -0.15) is 13.5 Å². The summed E-state index contributed by atoms with van der Waals surface area (Å²) in [5.74, 6) is 0. The molecule has 10 N–H and O–H groups in total. The maximum Gasteiger partial charge on any atom is -0.0776 e. The van der Waals surface area contributed by atoms with Crippen molar-refractivity contribution < 1.29 is 21.9 Å². The van der Waals surface area contributed by atoms with Crippen LogP contribution in [0.15, 0.2) is 0 Å². The van der Waals surface area contributed by atoms with Crippen LogP contribution in [0.5, 0.6) is 0 Å².